The van der Waals surface area contributed by atoms with Crippen LogP contribution in [0.15, 0.2) is 10.6 Å². The summed E-state index contributed by atoms with van der Waals surface area (Å²) in [6, 6.07) is 1.54. The van der Waals surface area contributed by atoms with Crippen molar-refractivity contribution in [1.29, 1.82) is 0 Å². The first-order valence-corrected chi connectivity index (χ1v) is 7.31. The minimum Gasteiger partial charge on any atom is -0.360 e. The van der Waals surface area contributed by atoms with E-state index >= 15 is 0 Å². The second kappa shape index (κ2) is 5.61. The number of likely N-dealkylation sites (N-methyl/N-ethyl adjacent to an activating group) is 1. The molecule has 0 saturated carbocycles. The predicted molar refractivity (Wildman–Crippen MR) is 65.2 cm³/mol. The van der Waals surface area contributed by atoms with E-state index in [4.69, 9.17) is 4.52 Å². The van der Waals surface area contributed by atoms with Gasteiger partial charge in [-0.15, -0.1) is 0 Å². The van der Waals surface area contributed by atoms with Gasteiger partial charge in [0.05, 0.1) is 6.54 Å². The van der Waals surface area contributed by atoms with Crippen LogP contribution in [0.1, 0.15) is 5.76 Å². The van der Waals surface area contributed by atoms with E-state index in [0.717, 1.165) is 4.31 Å². The lowest BCUT2D eigenvalue weighted by Gasteiger charge is -2.14. The number of carbonyl (C=O) groups excluding carboxylic acids is 1. The van der Waals surface area contributed by atoms with Crippen LogP contribution in [0.3, 0.4) is 0 Å². The normalized spacial score (nSPS) is 11.8. The van der Waals surface area contributed by atoms with Gasteiger partial charge in [0.15, 0.2) is 5.82 Å². The Morgan fingerprint density at radius 2 is 2.29 bits per heavy atom. The summed E-state index contributed by atoms with van der Waals surface area (Å²) >= 11 is 2.84. The Hall–Kier alpha value is -0.930. The lowest BCUT2D eigenvalue weighted by Crippen LogP contribution is -2.35. The van der Waals surface area contributed by atoms with Gasteiger partial charge in [-0.25, -0.2) is 8.42 Å². The molecule has 1 rings (SSSR count). The van der Waals surface area contributed by atoms with E-state index in [9.17, 15) is 13.2 Å². The number of sulfonamides is 1. The monoisotopic (exact) mass is 325 g/mol. The lowest BCUT2D eigenvalue weighted by molar-refractivity contribution is -0.116. The largest absolute Gasteiger partial charge is 0.360 e. The van der Waals surface area contributed by atoms with Crippen molar-refractivity contribution in [2.45, 2.75) is 6.92 Å². The van der Waals surface area contributed by atoms with Crippen LogP contribution in [-0.4, -0.2) is 42.0 Å². The minimum absolute atomic E-state index is 0.229. The fourth-order valence-electron chi connectivity index (χ4n) is 0.992. The van der Waals surface area contributed by atoms with Crippen LogP contribution < -0.4 is 5.32 Å². The fourth-order valence-corrected chi connectivity index (χ4v) is 2.52. The van der Waals surface area contributed by atoms with Gasteiger partial charge in [0.1, 0.15) is 10.4 Å². The number of halogens is 1. The Morgan fingerprint density at radius 3 is 2.76 bits per heavy atom. The maximum atomic E-state index is 11.5. The minimum atomic E-state index is -3.44. The van der Waals surface area contributed by atoms with Crippen molar-refractivity contribution in [3.63, 3.8) is 0 Å². The molecule has 1 aromatic heterocycles. The van der Waals surface area contributed by atoms with Gasteiger partial charge in [0, 0.05) is 13.1 Å². The number of hydrogen-bond donors (Lipinski definition) is 1. The van der Waals surface area contributed by atoms with Gasteiger partial charge in [-0.3, -0.25) is 4.79 Å². The molecule has 0 bridgehead atoms. The first kappa shape index (κ1) is 14.1. The van der Waals surface area contributed by atoms with E-state index in [1.165, 1.54) is 13.1 Å². The standard InChI is InChI=1S/C8H12BrN3O4S/c1-6-3-7(11-16-6)10-8(13)4-12(2)17(14,15)5-9/h3H,4-5H2,1-2H3,(H,10,11,13). The summed E-state index contributed by atoms with van der Waals surface area (Å²) in [6.45, 7) is 1.41. The van der Waals surface area contributed by atoms with Gasteiger partial charge in [0.2, 0.25) is 15.9 Å². The molecule has 0 aliphatic rings. The van der Waals surface area contributed by atoms with Crippen molar-refractivity contribution in [3.05, 3.63) is 11.8 Å². The molecule has 1 amide bonds. The van der Waals surface area contributed by atoms with E-state index in [0.29, 0.717) is 5.76 Å². The molecule has 0 unspecified atom stereocenters. The van der Waals surface area contributed by atoms with Crippen LogP contribution in [0, 0.1) is 6.92 Å². The average Bonchev–Trinajstić information content (AvgIpc) is 2.63. The maximum Gasteiger partial charge on any atom is 0.240 e. The van der Waals surface area contributed by atoms with E-state index in [1.807, 2.05) is 0 Å². The summed E-state index contributed by atoms with van der Waals surface area (Å²) in [5.74, 6) is 0.337. The molecule has 0 aliphatic heterocycles. The Morgan fingerprint density at radius 1 is 1.65 bits per heavy atom. The predicted octanol–water partition coefficient (Wildman–Crippen LogP) is 0.536. The highest BCUT2D eigenvalue weighted by Gasteiger charge is 2.19. The van der Waals surface area contributed by atoms with Crippen LogP contribution in [0.25, 0.3) is 0 Å². The molecule has 96 valence electrons. The second-order valence-electron chi connectivity index (χ2n) is 3.35. The first-order valence-electron chi connectivity index (χ1n) is 4.58. The van der Waals surface area contributed by atoms with Gasteiger partial charge in [-0.1, -0.05) is 21.1 Å². The Bertz CT molecular complexity index is 499. The zero-order valence-electron chi connectivity index (χ0n) is 9.31. The van der Waals surface area contributed by atoms with Crippen LogP contribution in [0.2, 0.25) is 0 Å². The molecule has 1 aromatic rings. The first-order chi connectivity index (χ1) is 7.85. The topological polar surface area (TPSA) is 92.5 Å². The molecule has 0 aromatic carbocycles. The third-order valence-corrected chi connectivity index (χ3v) is 4.96. The molecule has 0 spiro atoms. The number of carbonyl (C=O) groups is 1. The average molecular weight is 326 g/mol. The molecule has 0 atom stereocenters. The van der Waals surface area contributed by atoms with Crippen molar-refractivity contribution in [2.24, 2.45) is 0 Å². The quantitative estimate of drug-likeness (QED) is 0.797. The zero-order valence-corrected chi connectivity index (χ0v) is 11.7. The Balaban J connectivity index is 2.56. The summed E-state index contributed by atoms with van der Waals surface area (Å²) in [4.78, 5) is 11.5. The number of aromatic nitrogens is 1. The highest BCUT2D eigenvalue weighted by atomic mass is 79.9. The number of anilines is 1. The molecular weight excluding hydrogens is 314 g/mol. The van der Waals surface area contributed by atoms with Crippen molar-refractivity contribution >= 4 is 37.7 Å². The van der Waals surface area contributed by atoms with Crippen molar-refractivity contribution in [1.82, 2.24) is 9.46 Å². The van der Waals surface area contributed by atoms with Gasteiger partial charge >= 0.3 is 0 Å². The summed E-state index contributed by atoms with van der Waals surface area (Å²) < 4.78 is 28.2. The SMILES string of the molecule is Cc1cc(NC(=O)CN(C)S(=O)(=O)CBr)no1. The van der Waals surface area contributed by atoms with Gasteiger partial charge in [-0.05, 0) is 6.92 Å². The number of alkyl halides is 1. The second-order valence-corrected chi connectivity index (χ2v) is 6.73. The molecule has 17 heavy (non-hydrogen) atoms. The molecule has 0 fully saturated rings. The number of nitrogens with zero attached hydrogens (tertiary/aromatic N) is 2. The number of aryl methyl sites for hydroxylation is 1. The summed E-state index contributed by atoms with van der Waals surface area (Å²) in [6.07, 6.45) is 0. The van der Waals surface area contributed by atoms with Gasteiger partial charge < -0.3 is 9.84 Å². The van der Waals surface area contributed by atoms with Crippen LogP contribution in [0.4, 0.5) is 5.82 Å². The summed E-state index contributed by atoms with van der Waals surface area (Å²) in [7, 11) is -2.11. The third-order valence-electron chi connectivity index (χ3n) is 1.87. The molecule has 1 heterocycles. The summed E-state index contributed by atoms with van der Waals surface area (Å²) in [5.41, 5.74) is 0. The Kier molecular flexibility index (Phi) is 4.66. The van der Waals surface area contributed by atoms with Crippen LogP contribution in [-0.2, 0) is 14.8 Å². The van der Waals surface area contributed by atoms with Gasteiger partial charge in [0.25, 0.3) is 0 Å². The van der Waals surface area contributed by atoms with Crippen molar-refractivity contribution in [2.75, 3.05) is 23.6 Å². The fraction of sp³-hybridized carbons (Fsp3) is 0.500. The highest BCUT2D eigenvalue weighted by molar-refractivity contribution is 9.10. The highest BCUT2D eigenvalue weighted by Crippen LogP contribution is 2.07. The molecule has 0 saturated heterocycles. The smallest absolute Gasteiger partial charge is 0.240 e. The molecule has 7 nitrogen and oxygen atoms in total. The van der Waals surface area contributed by atoms with Crippen LogP contribution >= 0.6 is 15.9 Å². The molecule has 0 aliphatic carbocycles. The number of amides is 1. The van der Waals surface area contributed by atoms with E-state index < -0.39 is 15.9 Å². The maximum absolute atomic E-state index is 11.5. The number of nitrogens with one attached hydrogen (secondary N) is 1. The van der Waals surface area contributed by atoms with E-state index in [-0.39, 0.29) is 17.0 Å². The molecule has 9 heteroatoms. The van der Waals surface area contributed by atoms with Crippen LogP contribution in [0.5, 0.6) is 0 Å². The molecule has 1 N–H and O–H groups in total. The zero-order chi connectivity index (χ0) is 13.1. The number of hydrogen-bond acceptors (Lipinski definition) is 5. The number of rotatable bonds is 5. The van der Waals surface area contributed by atoms with Gasteiger partial charge in [-0.2, -0.15) is 4.31 Å². The third kappa shape index (κ3) is 4.10. The summed E-state index contributed by atoms with van der Waals surface area (Å²) in [5, 5.41) is 5.99. The molecule has 0 radical (unpaired) electrons. The van der Waals surface area contributed by atoms with Crippen molar-refractivity contribution < 1.29 is 17.7 Å². The molecular formula is C8H12BrN3O4S. The lowest BCUT2D eigenvalue weighted by atomic mass is 10.5. The Labute approximate surface area is 107 Å². The van der Waals surface area contributed by atoms with E-state index in [2.05, 4.69) is 26.4 Å². The van der Waals surface area contributed by atoms with E-state index in [1.54, 1.807) is 6.92 Å². The van der Waals surface area contributed by atoms with Crippen molar-refractivity contribution in [3.8, 4) is 0 Å².